The van der Waals surface area contributed by atoms with Gasteiger partial charge in [-0.25, -0.2) is 12.8 Å². The average Bonchev–Trinajstić information content (AvgIpc) is 2.10. The van der Waals surface area contributed by atoms with Crippen molar-refractivity contribution in [3.8, 4) is 0 Å². The molecule has 0 aliphatic carbocycles. The molecule has 0 saturated carbocycles. The van der Waals surface area contributed by atoms with E-state index in [4.69, 9.17) is 0 Å². The molecule has 0 N–H and O–H groups in total. The van der Waals surface area contributed by atoms with Crippen LogP contribution in [0.2, 0.25) is 0 Å². The van der Waals surface area contributed by atoms with Crippen LogP contribution in [-0.4, -0.2) is 14.2 Å². The molecule has 0 fully saturated rings. The summed E-state index contributed by atoms with van der Waals surface area (Å²) in [5.41, 5.74) is 0.473. The lowest BCUT2D eigenvalue weighted by molar-refractivity contribution is 0.581. The Hall–Kier alpha value is -0.420. The molecule has 0 heterocycles. The van der Waals surface area contributed by atoms with Gasteiger partial charge in [0, 0.05) is 0 Å². The van der Waals surface area contributed by atoms with Crippen LogP contribution in [0.25, 0.3) is 0 Å². The van der Waals surface area contributed by atoms with Crippen LogP contribution in [0.1, 0.15) is 19.4 Å². The predicted octanol–water partition coefficient (Wildman–Crippen LogP) is 3.16. The second kappa shape index (κ2) is 5.27. The molecular weight excluding hydrogens is 295 g/mol. The maximum Gasteiger partial charge on any atom is 0.154 e. The fourth-order valence-corrected chi connectivity index (χ4v) is 3.90. The molecule has 0 bridgehead atoms. The molecule has 0 aliphatic heterocycles. The van der Waals surface area contributed by atoms with Crippen molar-refractivity contribution >= 4 is 25.8 Å². The van der Waals surface area contributed by atoms with Gasteiger partial charge in [0.2, 0.25) is 0 Å². The number of sulfone groups is 1. The number of hydrogen-bond donors (Lipinski definition) is 0. The fourth-order valence-electron chi connectivity index (χ4n) is 1.46. The molecule has 1 aromatic rings. The third-order valence-electron chi connectivity index (χ3n) is 1.99. The zero-order valence-corrected chi connectivity index (χ0v) is 11.6. The first-order valence-electron chi connectivity index (χ1n) is 4.95. The van der Waals surface area contributed by atoms with Crippen LogP contribution in [0.15, 0.2) is 22.7 Å². The first-order chi connectivity index (χ1) is 7.32. The molecule has 0 radical (unpaired) electrons. The molecule has 0 saturated heterocycles. The largest absolute Gasteiger partial charge is 0.228 e. The van der Waals surface area contributed by atoms with E-state index in [1.165, 1.54) is 12.1 Å². The average molecular weight is 309 g/mol. The molecule has 90 valence electrons. The zero-order valence-electron chi connectivity index (χ0n) is 9.20. The molecule has 2 nitrogen and oxygen atoms in total. The summed E-state index contributed by atoms with van der Waals surface area (Å²) in [5, 5.41) is 0. The van der Waals surface area contributed by atoms with E-state index in [-0.39, 0.29) is 21.9 Å². The predicted molar refractivity (Wildman–Crippen MR) is 66.4 cm³/mol. The highest BCUT2D eigenvalue weighted by Crippen LogP contribution is 2.22. The zero-order chi connectivity index (χ0) is 12.3. The van der Waals surface area contributed by atoms with Crippen LogP contribution < -0.4 is 0 Å². The summed E-state index contributed by atoms with van der Waals surface area (Å²) >= 11 is 3.06. The first-order valence-corrected chi connectivity index (χ1v) is 7.56. The Morgan fingerprint density at radius 3 is 2.56 bits per heavy atom. The Balaban J connectivity index is 2.93. The Bertz CT molecular complexity index is 469. The van der Waals surface area contributed by atoms with E-state index < -0.39 is 15.7 Å². The van der Waals surface area contributed by atoms with E-state index in [0.717, 1.165) is 0 Å². The number of halogens is 2. The minimum absolute atomic E-state index is 0.0809. The maximum atomic E-state index is 13.2. The lowest BCUT2D eigenvalue weighted by atomic mass is 10.2. The molecule has 16 heavy (non-hydrogen) atoms. The van der Waals surface area contributed by atoms with Crippen molar-refractivity contribution in [1.29, 1.82) is 0 Å². The molecule has 5 heteroatoms. The van der Waals surface area contributed by atoms with Gasteiger partial charge in [-0.05, 0) is 33.5 Å². The summed E-state index contributed by atoms with van der Waals surface area (Å²) in [7, 11) is -3.17. The van der Waals surface area contributed by atoms with Gasteiger partial charge in [-0.3, -0.25) is 0 Å². The van der Waals surface area contributed by atoms with Crippen LogP contribution >= 0.6 is 15.9 Å². The van der Waals surface area contributed by atoms with Gasteiger partial charge in [-0.15, -0.1) is 0 Å². The summed E-state index contributed by atoms with van der Waals surface area (Å²) < 4.78 is 36.9. The molecule has 0 aromatic heterocycles. The van der Waals surface area contributed by atoms with E-state index in [1.54, 1.807) is 6.07 Å². The molecule has 0 aliphatic rings. The van der Waals surface area contributed by atoms with Gasteiger partial charge in [-0.1, -0.05) is 26.0 Å². The maximum absolute atomic E-state index is 13.2. The Kier molecular flexibility index (Phi) is 4.50. The van der Waals surface area contributed by atoms with Crippen molar-refractivity contribution in [1.82, 2.24) is 0 Å². The highest BCUT2D eigenvalue weighted by Gasteiger charge is 2.16. The summed E-state index contributed by atoms with van der Waals surface area (Å²) in [5.74, 6) is -0.353. The molecule has 1 rings (SSSR count). The van der Waals surface area contributed by atoms with Crippen molar-refractivity contribution < 1.29 is 12.8 Å². The standard InChI is InChI=1S/C11H14BrFO2S/c1-8(2)6-16(14,15)7-9-4-3-5-10(13)11(9)12/h3-5,8H,6-7H2,1-2H3. The lowest BCUT2D eigenvalue weighted by Gasteiger charge is -2.08. The van der Waals surface area contributed by atoms with Gasteiger partial charge in [0.15, 0.2) is 9.84 Å². The highest BCUT2D eigenvalue weighted by atomic mass is 79.9. The topological polar surface area (TPSA) is 34.1 Å². The molecule has 0 spiro atoms. The molecule has 0 amide bonds. The van der Waals surface area contributed by atoms with Crippen molar-refractivity contribution in [3.63, 3.8) is 0 Å². The van der Waals surface area contributed by atoms with Gasteiger partial charge in [-0.2, -0.15) is 0 Å². The van der Waals surface area contributed by atoms with E-state index in [2.05, 4.69) is 15.9 Å². The smallest absolute Gasteiger partial charge is 0.154 e. The van der Waals surface area contributed by atoms with E-state index >= 15 is 0 Å². The summed E-state index contributed by atoms with van der Waals surface area (Å²) in [6, 6.07) is 4.42. The Morgan fingerprint density at radius 1 is 1.38 bits per heavy atom. The lowest BCUT2D eigenvalue weighted by Crippen LogP contribution is -2.14. The quantitative estimate of drug-likeness (QED) is 0.856. The van der Waals surface area contributed by atoms with Gasteiger partial charge in [0.05, 0.1) is 16.0 Å². The SMILES string of the molecule is CC(C)CS(=O)(=O)Cc1cccc(F)c1Br. The van der Waals surface area contributed by atoms with Crippen molar-refractivity contribution in [2.45, 2.75) is 19.6 Å². The van der Waals surface area contributed by atoms with E-state index in [0.29, 0.717) is 5.56 Å². The minimum Gasteiger partial charge on any atom is -0.228 e. The number of hydrogen-bond acceptors (Lipinski definition) is 2. The second-order valence-electron chi connectivity index (χ2n) is 4.16. The molecule has 0 unspecified atom stereocenters. The summed E-state index contributed by atoms with van der Waals surface area (Å²) in [4.78, 5) is 0. The van der Waals surface area contributed by atoms with Crippen molar-refractivity contribution in [3.05, 3.63) is 34.1 Å². The molecule has 1 aromatic carbocycles. The van der Waals surface area contributed by atoms with Crippen molar-refractivity contribution in [2.75, 3.05) is 5.75 Å². The monoisotopic (exact) mass is 308 g/mol. The first kappa shape index (κ1) is 13.6. The highest BCUT2D eigenvalue weighted by molar-refractivity contribution is 9.10. The van der Waals surface area contributed by atoms with Gasteiger partial charge >= 0.3 is 0 Å². The van der Waals surface area contributed by atoms with E-state index in [1.807, 2.05) is 13.8 Å². The minimum atomic E-state index is -3.17. The van der Waals surface area contributed by atoms with Gasteiger partial charge < -0.3 is 0 Å². The van der Waals surface area contributed by atoms with E-state index in [9.17, 15) is 12.8 Å². The van der Waals surface area contributed by atoms with Crippen LogP contribution in [-0.2, 0) is 15.6 Å². The summed E-state index contributed by atoms with van der Waals surface area (Å²) in [6.07, 6.45) is 0. The van der Waals surface area contributed by atoms with Gasteiger partial charge in [0.1, 0.15) is 5.82 Å². The normalized spacial score (nSPS) is 12.1. The second-order valence-corrected chi connectivity index (χ2v) is 7.06. The molecular formula is C11H14BrFO2S. The number of rotatable bonds is 4. The Morgan fingerprint density at radius 2 is 2.00 bits per heavy atom. The van der Waals surface area contributed by atoms with Crippen LogP contribution in [0.3, 0.4) is 0 Å². The Labute approximate surface area is 104 Å². The van der Waals surface area contributed by atoms with Crippen LogP contribution in [0.4, 0.5) is 4.39 Å². The van der Waals surface area contributed by atoms with Gasteiger partial charge in [0.25, 0.3) is 0 Å². The third-order valence-corrected chi connectivity index (χ3v) is 4.81. The van der Waals surface area contributed by atoms with Crippen LogP contribution in [0, 0.1) is 11.7 Å². The fraction of sp³-hybridized carbons (Fsp3) is 0.455. The third kappa shape index (κ3) is 3.87. The summed E-state index contributed by atoms with van der Waals surface area (Å²) in [6.45, 7) is 3.69. The van der Waals surface area contributed by atoms with Crippen LogP contribution in [0.5, 0.6) is 0 Å². The van der Waals surface area contributed by atoms with Crippen molar-refractivity contribution in [2.24, 2.45) is 5.92 Å². The number of benzene rings is 1. The molecule has 0 atom stereocenters.